The number of ketones is 1. The number of methoxy groups -OCH3 is 2. The van der Waals surface area contributed by atoms with Gasteiger partial charge in [-0.15, -0.1) is 0 Å². The molecule has 0 spiro atoms. The lowest BCUT2D eigenvalue weighted by atomic mass is 10.1. The molecule has 0 saturated heterocycles. The van der Waals surface area contributed by atoms with Crippen molar-refractivity contribution in [3.05, 3.63) is 54.1 Å². The third kappa shape index (κ3) is 3.29. The molecule has 0 aliphatic rings. The molecule has 4 nitrogen and oxygen atoms in total. The highest BCUT2D eigenvalue weighted by Gasteiger charge is 2.12. The molecule has 0 unspecified atom stereocenters. The van der Waals surface area contributed by atoms with Crippen LogP contribution in [0.15, 0.2) is 48.5 Å². The van der Waals surface area contributed by atoms with Gasteiger partial charge < -0.3 is 14.2 Å². The van der Waals surface area contributed by atoms with E-state index < -0.39 is 0 Å². The summed E-state index contributed by atoms with van der Waals surface area (Å²) in [6.07, 6.45) is 0. The van der Waals surface area contributed by atoms with Gasteiger partial charge in [-0.3, -0.25) is 4.79 Å². The van der Waals surface area contributed by atoms with E-state index in [0.717, 1.165) is 0 Å². The third-order valence-corrected chi connectivity index (χ3v) is 2.82. The average Bonchev–Trinajstić information content (AvgIpc) is 2.52. The second-order valence-electron chi connectivity index (χ2n) is 4.09. The quantitative estimate of drug-likeness (QED) is 0.758. The molecule has 104 valence electrons. The fourth-order valence-electron chi connectivity index (χ4n) is 1.79. The number of para-hydroxylation sites is 1. The van der Waals surface area contributed by atoms with Crippen molar-refractivity contribution in [1.82, 2.24) is 0 Å². The third-order valence-electron chi connectivity index (χ3n) is 2.82. The Labute approximate surface area is 117 Å². The van der Waals surface area contributed by atoms with Crippen LogP contribution < -0.4 is 14.2 Å². The normalized spacial score (nSPS) is 9.90. The summed E-state index contributed by atoms with van der Waals surface area (Å²) < 4.78 is 15.7. The number of ether oxygens (including phenoxy) is 3. The van der Waals surface area contributed by atoms with E-state index in [1.807, 2.05) is 18.2 Å². The lowest BCUT2D eigenvalue weighted by Gasteiger charge is -2.09. The van der Waals surface area contributed by atoms with Gasteiger partial charge >= 0.3 is 0 Å². The fraction of sp³-hybridized carbons (Fsp3) is 0.188. The highest BCUT2D eigenvalue weighted by Crippen LogP contribution is 2.21. The molecular weight excluding hydrogens is 256 g/mol. The molecular formula is C16H16O4. The molecule has 0 aliphatic heterocycles. The Kier molecular flexibility index (Phi) is 4.60. The Hall–Kier alpha value is -2.49. The molecule has 0 aromatic heterocycles. The minimum atomic E-state index is -0.134. The zero-order valence-electron chi connectivity index (χ0n) is 11.5. The van der Waals surface area contributed by atoms with E-state index in [1.165, 1.54) is 7.11 Å². The molecule has 0 fully saturated rings. The second-order valence-corrected chi connectivity index (χ2v) is 4.09. The van der Waals surface area contributed by atoms with Gasteiger partial charge in [-0.1, -0.05) is 18.2 Å². The Morgan fingerprint density at radius 3 is 2.45 bits per heavy atom. The van der Waals surface area contributed by atoms with Gasteiger partial charge in [-0.25, -0.2) is 0 Å². The van der Waals surface area contributed by atoms with Crippen molar-refractivity contribution in [2.75, 3.05) is 20.8 Å². The molecule has 4 heteroatoms. The number of Topliss-reactive ketones (excluding diaryl/α,β-unsaturated/α-hetero) is 1. The van der Waals surface area contributed by atoms with E-state index in [0.29, 0.717) is 22.8 Å². The zero-order chi connectivity index (χ0) is 14.4. The maximum atomic E-state index is 12.1. The molecule has 0 aliphatic carbocycles. The van der Waals surface area contributed by atoms with Crippen LogP contribution in [0.2, 0.25) is 0 Å². The molecule has 0 atom stereocenters. The van der Waals surface area contributed by atoms with Crippen LogP contribution in [0.4, 0.5) is 0 Å². The minimum absolute atomic E-state index is 0.0481. The van der Waals surface area contributed by atoms with Gasteiger partial charge in [0.25, 0.3) is 0 Å². The molecule has 0 N–H and O–H groups in total. The van der Waals surface area contributed by atoms with E-state index in [1.54, 1.807) is 37.4 Å². The molecule has 0 bridgehead atoms. The van der Waals surface area contributed by atoms with Gasteiger partial charge in [0.15, 0.2) is 6.61 Å². The molecule has 2 aromatic rings. The average molecular weight is 272 g/mol. The van der Waals surface area contributed by atoms with Crippen LogP contribution in [0.3, 0.4) is 0 Å². The Morgan fingerprint density at radius 1 is 0.950 bits per heavy atom. The molecule has 2 rings (SSSR count). The number of rotatable bonds is 6. The highest BCUT2D eigenvalue weighted by molar-refractivity contribution is 5.99. The van der Waals surface area contributed by atoms with Crippen molar-refractivity contribution in [3.8, 4) is 17.2 Å². The first-order valence-corrected chi connectivity index (χ1v) is 6.17. The van der Waals surface area contributed by atoms with Crippen molar-refractivity contribution in [3.63, 3.8) is 0 Å². The summed E-state index contributed by atoms with van der Waals surface area (Å²) in [5, 5.41) is 0. The number of benzene rings is 2. The Balaban J connectivity index is 2.04. The van der Waals surface area contributed by atoms with E-state index in [4.69, 9.17) is 14.2 Å². The van der Waals surface area contributed by atoms with Crippen LogP contribution in [-0.4, -0.2) is 26.6 Å². The van der Waals surface area contributed by atoms with Crippen LogP contribution in [-0.2, 0) is 0 Å². The fourth-order valence-corrected chi connectivity index (χ4v) is 1.79. The van der Waals surface area contributed by atoms with E-state index in [9.17, 15) is 4.79 Å². The highest BCUT2D eigenvalue weighted by atomic mass is 16.5. The minimum Gasteiger partial charge on any atom is -0.497 e. The standard InChI is InChI=1S/C16H16O4/c1-18-12-6-5-7-13(10-12)20-11-15(17)14-8-3-4-9-16(14)19-2/h3-10H,11H2,1-2H3. The maximum Gasteiger partial charge on any atom is 0.203 e. The molecule has 20 heavy (non-hydrogen) atoms. The van der Waals surface area contributed by atoms with Crippen LogP contribution in [0.25, 0.3) is 0 Å². The molecule has 0 saturated carbocycles. The van der Waals surface area contributed by atoms with Gasteiger partial charge in [0, 0.05) is 6.07 Å². The Morgan fingerprint density at radius 2 is 1.70 bits per heavy atom. The summed E-state index contributed by atoms with van der Waals surface area (Å²) in [7, 11) is 3.12. The Bertz CT molecular complexity index is 593. The molecule has 0 amide bonds. The predicted molar refractivity (Wildman–Crippen MR) is 75.8 cm³/mol. The van der Waals surface area contributed by atoms with E-state index in [2.05, 4.69) is 0 Å². The first-order valence-electron chi connectivity index (χ1n) is 6.17. The topological polar surface area (TPSA) is 44.8 Å². The van der Waals surface area contributed by atoms with Crippen molar-refractivity contribution in [1.29, 1.82) is 0 Å². The molecule has 0 heterocycles. The predicted octanol–water partition coefficient (Wildman–Crippen LogP) is 2.97. The zero-order valence-corrected chi connectivity index (χ0v) is 11.5. The molecule has 2 aromatic carbocycles. The number of carbonyl (C=O) groups is 1. The molecule has 0 radical (unpaired) electrons. The first kappa shape index (κ1) is 13.9. The lowest BCUT2D eigenvalue weighted by molar-refractivity contribution is 0.0918. The summed E-state index contributed by atoms with van der Waals surface area (Å²) in [5.41, 5.74) is 0.512. The van der Waals surface area contributed by atoms with Crippen molar-refractivity contribution in [2.45, 2.75) is 0 Å². The SMILES string of the molecule is COc1cccc(OCC(=O)c2ccccc2OC)c1. The van der Waals surface area contributed by atoms with Gasteiger partial charge in [0.2, 0.25) is 5.78 Å². The summed E-state index contributed by atoms with van der Waals surface area (Å²) in [6, 6.07) is 14.2. The smallest absolute Gasteiger partial charge is 0.203 e. The van der Waals surface area contributed by atoms with Crippen LogP contribution in [0, 0.1) is 0 Å². The summed E-state index contributed by atoms with van der Waals surface area (Å²) in [4.78, 5) is 12.1. The van der Waals surface area contributed by atoms with Gasteiger partial charge in [0.1, 0.15) is 17.2 Å². The van der Waals surface area contributed by atoms with E-state index >= 15 is 0 Å². The summed E-state index contributed by atoms with van der Waals surface area (Å²) >= 11 is 0. The largest absolute Gasteiger partial charge is 0.497 e. The number of carbonyl (C=O) groups excluding carboxylic acids is 1. The van der Waals surface area contributed by atoms with Gasteiger partial charge in [0.05, 0.1) is 19.8 Å². The van der Waals surface area contributed by atoms with Gasteiger partial charge in [-0.05, 0) is 24.3 Å². The summed E-state index contributed by atoms with van der Waals surface area (Å²) in [5.74, 6) is 1.69. The maximum absolute atomic E-state index is 12.1. The van der Waals surface area contributed by atoms with Crippen LogP contribution >= 0.6 is 0 Å². The van der Waals surface area contributed by atoms with E-state index in [-0.39, 0.29) is 12.4 Å². The van der Waals surface area contributed by atoms with Crippen molar-refractivity contribution in [2.24, 2.45) is 0 Å². The summed E-state index contributed by atoms with van der Waals surface area (Å²) in [6.45, 7) is -0.0481. The van der Waals surface area contributed by atoms with Crippen molar-refractivity contribution >= 4 is 5.78 Å². The van der Waals surface area contributed by atoms with Crippen molar-refractivity contribution < 1.29 is 19.0 Å². The monoisotopic (exact) mass is 272 g/mol. The van der Waals surface area contributed by atoms with Crippen LogP contribution in [0.5, 0.6) is 17.2 Å². The second kappa shape index (κ2) is 6.61. The lowest BCUT2D eigenvalue weighted by Crippen LogP contribution is -2.12. The van der Waals surface area contributed by atoms with Crippen LogP contribution in [0.1, 0.15) is 10.4 Å². The number of hydrogen-bond acceptors (Lipinski definition) is 4. The first-order chi connectivity index (χ1) is 9.74. The number of hydrogen-bond donors (Lipinski definition) is 0. The van der Waals surface area contributed by atoms with Gasteiger partial charge in [-0.2, -0.15) is 0 Å².